The molecular weight excluding hydrogens is 354 g/mol. The Hall–Kier alpha value is -3.26. The molecule has 3 rings (SSSR count). The van der Waals surface area contributed by atoms with Crippen LogP contribution in [-0.2, 0) is 11.3 Å². The summed E-state index contributed by atoms with van der Waals surface area (Å²) < 4.78 is 10.2. The maximum atomic E-state index is 12.1. The van der Waals surface area contributed by atoms with Crippen molar-refractivity contribution in [1.29, 1.82) is 0 Å². The lowest BCUT2D eigenvalue weighted by Gasteiger charge is -2.04. The van der Waals surface area contributed by atoms with Gasteiger partial charge >= 0.3 is 5.97 Å². The summed E-state index contributed by atoms with van der Waals surface area (Å²) in [6.45, 7) is 0.174. The minimum Gasteiger partial charge on any atom is -0.486 e. The quantitative estimate of drug-likeness (QED) is 0.671. The molecule has 1 aromatic heterocycles. The fraction of sp³-hybridized carbons (Fsp3) is 0.111. The summed E-state index contributed by atoms with van der Waals surface area (Å²) in [4.78, 5) is 23.5. The summed E-state index contributed by atoms with van der Waals surface area (Å²) in [6, 6.07) is 15.7. The monoisotopic (exact) mass is 369 g/mol. The smallest absolute Gasteiger partial charge is 0.337 e. The van der Waals surface area contributed by atoms with Crippen LogP contribution in [0.3, 0.4) is 0 Å². The minimum absolute atomic E-state index is 0.174. The predicted molar refractivity (Wildman–Crippen MR) is 96.4 cm³/mol. The molecule has 26 heavy (non-hydrogen) atoms. The van der Waals surface area contributed by atoms with Crippen LogP contribution < -0.4 is 10.1 Å². The maximum absolute atomic E-state index is 12.1. The Labute approximate surface area is 153 Å². The van der Waals surface area contributed by atoms with Crippen LogP contribution in [-0.4, -0.2) is 29.2 Å². The van der Waals surface area contributed by atoms with Gasteiger partial charge in [0.05, 0.1) is 12.7 Å². The molecule has 0 fully saturated rings. The highest BCUT2D eigenvalue weighted by atomic mass is 32.1. The molecule has 0 aliphatic rings. The van der Waals surface area contributed by atoms with Gasteiger partial charge in [-0.05, 0) is 36.4 Å². The van der Waals surface area contributed by atoms with E-state index >= 15 is 0 Å². The van der Waals surface area contributed by atoms with Gasteiger partial charge in [0.1, 0.15) is 12.4 Å². The van der Waals surface area contributed by atoms with Crippen LogP contribution >= 0.6 is 11.3 Å². The first-order valence-corrected chi connectivity index (χ1v) is 8.47. The zero-order valence-electron chi connectivity index (χ0n) is 13.8. The number of esters is 1. The van der Waals surface area contributed by atoms with E-state index in [9.17, 15) is 9.59 Å². The molecule has 0 saturated carbocycles. The largest absolute Gasteiger partial charge is 0.486 e. The molecule has 0 aliphatic carbocycles. The number of carbonyl (C=O) groups excluding carboxylic acids is 2. The number of anilines is 1. The lowest BCUT2D eigenvalue weighted by molar-refractivity contribution is 0.0600. The highest BCUT2D eigenvalue weighted by Crippen LogP contribution is 2.17. The van der Waals surface area contributed by atoms with Gasteiger partial charge in [0.25, 0.3) is 5.91 Å². The number of hydrogen-bond acceptors (Lipinski definition) is 7. The van der Waals surface area contributed by atoms with Crippen LogP contribution in [0.25, 0.3) is 0 Å². The number of benzene rings is 2. The minimum atomic E-state index is -0.408. The Morgan fingerprint density at radius 2 is 1.77 bits per heavy atom. The molecule has 1 amide bonds. The van der Waals surface area contributed by atoms with Crippen molar-refractivity contribution in [2.24, 2.45) is 0 Å². The Bertz CT molecular complexity index is 894. The van der Waals surface area contributed by atoms with Crippen molar-refractivity contribution >= 4 is 28.9 Å². The number of methoxy groups -OCH3 is 1. The molecule has 7 nitrogen and oxygen atoms in total. The number of rotatable bonds is 6. The molecule has 0 bridgehead atoms. The predicted octanol–water partition coefficient (Wildman–Crippen LogP) is 3.16. The molecule has 0 atom stereocenters. The van der Waals surface area contributed by atoms with Crippen LogP contribution in [0.5, 0.6) is 5.75 Å². The SMILES string of the molecule is COC(=O)c1ccc(OCc2nnc(C(=O)Nc3ccccc3)s2)cc1. The molecule has 8 heteroatoms. The number of para-hydroxylation sites is 1. The summed E-state index contributed by atoms with van der Waals surface area (Å²) in [6.07, 6.45) is 0. The first-order valence-electron chi connectivity index (χ1n) is 7.65. The highest BCUT2D eigenvalue weighted by molar-refractivity contribution is 7.13. The van der Waals surface area contributed by atoms with Crippen molar-refractivity contribution in [3.05, 3.63) is 70.2 Å². The van der Waals surface area contributed by atoms with Gasteiger partial charge in [-0.1, -0.05) is 29.5 Å². The van der Waals surface area contributed by atoms with Crippen LogP contribution in [0.4, 0.5) is 5.69 Å². The summed E-state index contributed by atoms with van der Waals surface area (Å²) in [5.74, 6) is -0.153. The average Bonchev–Trinajstić information content (AvgIpc) is 3.16. The fourth-order valence-corrected chi connectivity index (χ4v) is 2.71. The van der Waals surface area contributed by atoms with Gasteiger partial charge in [0, 0.05) is 5.69 Å². The number of nitrogens with zero attached hydrogens (tertiary/aromatic N) is 2. The van der Waals surface area contributed by atoms with E-state index in [1.165, 1.54) is 7.11 Å². The van der Waals surface area contributed by atoms with E-state index in [0.29, 0.717) is 22.0 Å². The summed E-state index contributed by atoms with van der Waals surface area (Å²) >= 11 is 1.16. The van der Waals surface area contributed by atoms with Crippen LogP contribution in [0.15, 0.2) is 54.6 Å². The van der Waals surface area contributed by atoms with E-state index < -0.39 is 5.97 Å². The van der Waals surface area contributed by atoms with E-state index in [2.05, 4.69) is 20.3 Å². The molecule has 0 radical (unpaired) electrons. The van der Waals surface area contributed by atoms with Gasteiger partial charge in [-0.2, -0.15) is 0 Å². The van der Waals surface area contributed by atoms with Crippen molar-refractivity contribution in [2.75, 3.05) is 12.4 Å². The van der Waals surface area contributed by atoms with Crippen LogP contribution in [0, 0.1) is 0 Å². The second kappa shape index (κ2) is 8.21. The van der Waals surface area contributed by atoms with Crippen molar-refractivity contribution < 1.29 is 19.1 Å². The number of carbonyl (C=O) groups is 2. The number of amides is 1. The van der Waals surface area contributed by atoms with Crippen LogP contribution in [0.2, 0.25) is 0 Å². The van der Waals surface area contributed by atoms with E-state index in [4.69, 9.17) is 4.74 Å². The lowest BCUT2D eigenvalue weighted by atomic mass is 10.2. The Balaban J connectivity index is 1.56. The Morgan fingerprint density at radius 3 is 2.46 bits per heavy atom. The van der Waals surface area contributed by atoms with Gasteiger partial charge < -0.3 is 14.8 Å². The van der Waals surface area contributed by atoms with Crippen molar-refractivity contribution in [2.45, 2.75) is 6.61 Å². The molecule has 1 heterocycles. The third-order valence-corrected chi connectivity index (χ3v) is 4.23. The zero-order chi connectivity index (χ0) is 18.4. The molecule has 0 unspecified atom stereocenters. The second-order valence-corrected chi connectivity index (χ2v) is 6.19. The fourth-order valence-electron chi connectivity index (χ4n) is 2.06. The normalized spacial score (nSPS) is 10.2. The van der Waals surface area contributed by atoms with Gasteiger partial charge in [-0.25, -0.2) is 4.79 Å². The van der Waals surface area contributed by atoms with E-state index in [1.807, 2.05) is 18.2 Å². The molecule has 1 N–H and O–H groups in total. The first-order chi connectivity index (χ1) is 12.7. The molecule has 132 valence electrons. The maximum Gasteiger partial charge on any atom is 0.337 e. The molecular formula is C18H15N3O4S. The standard InChI is InChI=1S/C18H15N3O4S/c1-24-18(23)12-7-9-14(10-8-12)25-11-15-20-21-17(26-15)16(22)19-13-5-3-2-4-6-13/h2-10H,11H2,1H3,(H,19,22). The number of nitrogens with one attached hydrogen (secondary N) is 1. The molecule has 3 aromatic rings. The number of ether oxygens (including phenoxy) is 2. The molecule has 2 aromatic carbocycles. The molecule has 0 saturated heterocycles. The van der Waals surface area contributed by atoms with E-state index in [0.717, 1.165) is 11.3 Å². The lowest BCUT2D eigenvalue weighted by Crippen LogP contribution is -2.11. The molecule has 0 spiro atoms. The number of hydrogen-bond donors (Lipinski definition) is 1. The molecule has 0 aliphatic heterocycles. The highest BCUT2D eigenvalue weighted by Gasteiger charge is 2.13. The first kappa shape index (κ1) is 17.6. The Kier molecular flexibility index (Phi) is 5.55. The Morgan fingerprint density at radius 1 is 1.04 bits per heavy atom. The van der Waals surface area contributed by atoms with Gasteiger partial charge in [0.2, 0.25) is 5.01 Å². The van der Waals surface area contributed by atoms with Crippen LogP contribution in [0.1, 0.15) is 25.2 Å². The van der Waals surface area contributed by atoms with E-state index in [1.54, 1.807) is 36.4 Å². The van der Waals surface area contributed by atoms with Crippen molar-refractivity contribution in [1.82, 2.24) is 10.2 Å². The topological polar surface area (TPSA) is 90.4 Å². The summed E-state index contributed by atoms with van der Waals surface area (Å²) in [7, 11) is 1.33. The summed E-state index contributed by atoms with van der Waals surface area (Å²) in [5.41, 5.74) is 1.13. The van der Waals surface area contributed by atoms with Gasteiger partial charge in [-0.15, -0.1) is 10.2 Å². The summed E-state index contributed by atoms with van der Waals surface area (Å²) in [5, 5.41) is 11.4. The third kappa shape index (κ3) is 4.42. The van der Waals surface area contributed by atoms with Gasteiger partial charge in [-0.3, -0.25) is 4.79 Å². The zero-order valence-corrected chi connectivity index (χ0v) is 14.7. The van der Waals surface area contributed by atoms with E-state index in [-0.39, 0.29) is 17.5 Å². The van der Waals surface area contributed by atoms with Gasteiger partial charge in [0.15, 0.2) is 5.01 Å². The number of aromatic nitrogens is 2. The second-order valence-electron chi connectivity index (χ2n) is 5.13. The third-order valence-electron chi connectivity index (χ3n) is 3.33. The van der Waals surface area contributed by atoms with Crippen molar-refractivity contribution in [3.8, 4) is 5.75 Å². The van der Waals surface area contributed by atoms with Crippen molar-refractivity contribution in [3.63, 3.8) is 0 Å². The average molecular weight is 369 g/mol.